The highest BCUT2D eigenvalue weighted by atomic mass is 32.2. The Kier molecular flexibility index (Phi) is 11.7. The molecule has 2 aliphatic carbocycles. The van der Waals surface area contributed by atoms with Gasteiger partial charge >= 0.3 is 12.3 Å². The first-order chi connectivity index (χ1) is 26.8. The summed E-state index contributed by atoms with van der Waals surface area (Å²) in [6.07, 6.45) is -2.25. The van der Waals surface area contributed by atoms with Crippen molar-refractivity contribution in [2.75, 3.05) is 13.7 Å². The highest BCUT2D eigenvalue weighted by Gasteiger charge is 2.62. The number of alkyl halides is 3. The smallest absolute Gasteiger partial charge is 0.427 e. The summed E-state index contributed by atoms with van der Waals surface area (Å²) in [6, 6.07) is 3.97. The Morgan fingerprint density at radius 2 is 1.88 bits per heavy atom. The molecule has 1 unspecified atom stereocenters. The number of amides is 4. The van der Waals surface area contributed by atoms with Gasteiger partial charge in [0.05, 0.1) is 31.1 Å². The second-order valence-electron chi connectivity index (χ2n) is 15.6. The lowest BCUT2D eigenvalue weighted by Crippen LogP contribution is -2.61. The topological polar surface area (TPSA) is 192 Å². The van der Waals surface area contributed by atoms with Crippen LogP contribution < -0.4 is 24.8 Å². The number of halogens is 3. The van der Waals surface area contributed by atoms with Crippen molar-refractivity contribution < 1.29 is 59.7 Å². The van der Waals surface area contributed by atoms with E-state index in [0.717, 1.165) is 10.3 Å². The molecule has 2 saturated carbocycles. The summed E-state index contributed by atoms with van der Waals surface area (Å²) in [4.78, 5) is 61.6. The number of ether oxygens (including phenoxy) is 4. The maximum absolute atomic E-state index is 14.8. The van der Waals surface area contributed by atoms with Crippen molar-refractivity contribution >= 4 is 44.6 Å². The van der Waals surface area contributed by atoms with Crippen LogP contribution in [0.25, 0.3) is 10.8 Å². The number of nitrogens with zero attached hydrogens (tertiary/aromatic N) is 2. The number of allylic oxidation sites excluding steroid dienone is 1. The van der Waals surface area contributed by atoms with Crippen molar-refractivity contribution in [3.05, 3.63) is 42.6 Å². The fourth-order valence-corrected chi connectivity index (χ4v) is 8.52. The third-order valence-corrected chi connectivity index (χ3v) is 12.7. The number of pyridine rings is 1. The summed E-state index contributed by atoms with van der Waals surface area (Å²) in [5.41, 5.74) is -4.58. The van der Waals surface area contributed by atoms with E-state index in [1.165, 1.54) is 13.3 Å². The molecule has 0 bridgehead atoms. The molecule has 15 nitrogen and oxygen atoms in total. The molecule has 3 fully saturated rings. The van der Waals surface area contributed by atoms with Crippen molar-refractivity contribution in [1.29, 1.82) is 0 Å². The van der Waals surface area contributed by atoms with Gasteiger partial charge < -0.3 is 34.5 Å². The second-order valence-corrected chi connectivity index (χ2v) is 17.5. The van der Waals surface area contributed by atoms with Crippen molar-refractivity contribution in [2.24, 2.45) is 5.92 Å². The number of aromatic nitrogens is 1. The Hall–Kier alpha value is -4.65. The normalized spacial score (nSPS) is 29.2. The lowest BCUT2D eigenvalue weighted by atomic mass is 10.0. The number of rotatable bonds is 9. The van der Waals surface area contributed by atoms with Crippen molar-refractivity contribution in [1.82, 2.24) is 25.2 Å². The van der Waals surface area contributed by atoms with Crippen LogP contribution in [-0.4, -0.2) is 109 Å². The Bertz CT molecular complexity index is 2030. The summed E-state index contributed by atoms with van der Waals surface area (Å²) >= 11 is 0. The van der Waals surface area contributed by atoms with E-state index in [1.54, 1.807) is 50.3 Å². The first-order valence-corrected chi connectivity index (χ1v) is 20.5. The molecule has 0 radical (unpaired) electrons. The van der Waals surface area contributed by atoms with E-state index in [-0.39, 0.29) is 31.7 Å². The lowest BCUT2D eigenvalue weighted by molar-refractivity contribution is -0.244. The van der Waals surface area contributed by atoms with E-state index in [0.29, 0.717) is 50.7 Å². The highest BCUT2D eigenvalue weighted by molar-refractivity contribution is 7.91. The first kappa shape index (κ1) is 42.0. The summed E-state index contributed by atoms with van der Waals surface area (Å²) < 4.78 is 91.8. The monoisotopic (exact) mass is 823 g/mol. The Morgan fingerprint density at radius 1 is 1.14 bits per heavy atom. The fourth-order valence-electron chi connectivity index (χ4n) is 7.16. The third kappa shape index (κ3) is 9.08. The third-order valence-electron chi connectivity index (χ3n) is 10.9. The van der Waals surface area contributed by atoms with Crippen LogP contribution in [0.15, 0.2) is 42.6 Å². The molecule has 1 saturated heterocycles. The number of hydrogen-bond acceptors (Lipinski definition) is 11. The van der Waals surface area contributed by atoms with Crippen LogP contribution in [0, 0.1) is 5.92 Å². The molecule has 19 heteroatoms. The molecular weight excluding hydrogens is 776 g/mol. The van der Waals surface area contributed by atoms with Gasteiger partial charge in [0.15, 0.2) is 0 Å². The standard InChI is InChI=1S/C38H48F3N5O10S/c1-6-29-30(43-35(50)56-36(3,4)38(39,40)41)33(48)46-20-25(55-32-27-14-11-24(53-5)17-22(27)15-16-42-32)18-28(46)31(47)44-37(34(49)45-57(51,52)26-12-13-26)19-23(37)10-8-7-9-21(2)54-29/h8,10-11,14-17,21,23,25-26,28-30H,6-7,9,12-13,18-20H2,1-5H3,(H,43,50)(H,44,47)(H,45,49)/b10-8-/t21-,23?,25-,28+,29+,30+,37-/m1/s1. The summed E-state index contributed by atoms with van der Waals surface area (Å²) in [7, 11) is -2.47. The van der Waals surface area contributed by atoms with Gasteiger partial charge in [-0.05, 0) is 88.9 Å². The molecule has 57 heavy (non-hydrogen) atoms. The Labute approximate surface area is 328 Å². The molecule has 4 amide bonds. The van der Waals surface area contributed by atoms with Gasteiger partial charge in [-0.15, -0.1) is 0 Å². The molecule has 2 aliphatic heterocycles. The quantitative estimate of drug-likeness (QED) is 0.310. The van der Waals surface area contributed by atoms with Crippen LogP contribution >= 0.6 is 0 Å². The van der Waals surface area contributed by atoms with E-state index in [9.17, 15) is 40.8 Å². The Balaban J connectivity index is 1.36. The van der Waals surface area contributed by atoms with Gasteiger partial charge in [0.25, 0.3) is 5.91 Å². The molecule has 6 rings (SSSR count). The van der Waals surface area contributed by atoms with Crippen LogP contribution in [0.3, 0.4) is 0 Å². The summed E-state index contributed by atoms with van der Waals surface area (Å²) in [6.45, 7) is 4.49. The maximum Gasteiger partial charge on any atom is 0.427 e. The van der Waals surface area contributed by atoms with E-state index < -0.39 is 92.7 Å². The molecule has 4 aliphatic rings. The zero-order valence-corrected chi connectivity index (χ0v) is 33.1. The number of benzene rings is 1. The van der Waals surface area contributed by atoms with Gasteiger partial charge in [-0.3, -0.25) is 19.1 Å². The minimum Gasteiger partial charge on any atom is -0.497 e. The fraction of sp³-hybridized carbons (Fsp3) is 0.605. The van der Waals surface area contributed by atoms with E-state index in [2.05, 4.69) is 20.3 Å². The summed E-state index contributed by atoms with van der Waals surface area (Å²) in [5.74, 6) is -2.40. The van der Waals surface area contributed by atoms with Gasteiger partial charge in [-0.2, -0.15) is 13.2 Å². The predicted octanol–water partition coefficient (Wildman–Crippen LogP) is 4.04. The largest absolute Gasteiger partial charge is 0.497 e. The molecule has 1 aromatic heterocycles. The zero-order valence-electron chi connectivity index (χ0n) is 32.3. The lowest BCUT2D eigenvalue weighted by Gasteiger charge is -2.35. The number of sulfonamides is 1. The number of carbonyl (C=O) groups excluding carboxylic acids is 4. The number of hydrogen-bond donors (Lipinski definition) is 3. The van der Waals surface area contributed by atoms with Crippen LogP contribution in [0.2, 0.25) is 0 Å². The minimum absolute atomic E-state index is 0.0835. The highest BCUT2D eigenvalue weighted by Crippen LogP contribution is 2.46. The molecule has 7 atom stereocenters. The molecule has 1 aromatic carbocycles. The second kappa shape index (κ2) is 15.9. The number of carbonyl (C=O) groups is 4. The van der Waals surface area contributed by atoms with Crippen molar-refractivity contribution in [2.45, 2.75) is 126 Å². The summed E-state index contributed by atoms with van der Waals surface area (Å²) in [5, 5.41) is 5.68. The van der Waals surface area contributed by atoms with Gasteiger partial charge in [-0.1, -0.05) is 19.1 Å². The SMILES string of the molecule is CC[C@@H]1O[C@H](C)CC/C=C\C2C[C@@]2(C(=O)NS(=O)(=O)C2CC2)NC(=O)[C@@H]2C[C@@H](Oc3nccc4cc(OC)ccc34)CN2C(=O)[C@H]1NC(=O)OC(C)(C)C(F)(F)F. The molecular formula is C38H48F3N5O10S. The average molecular weight is 824 g/mol. The van der Waals surface area contributed by atoms with Gasteiger partial charge in [0, 0.05) is 23.9 Å². The van der Waals surface area contributed by atoms with Crippen LogP contribution in [0.5, 0.6) is 11.6 Å². The number of nitrogens with one attached hydrogen (secondary N) is 3. The van der Waals surface area contributed by atoms with Crippen LogP contribution in [0.4, 0.5) is 18.0 Å². The van der Waals surface area contributed by atoms with E-state index in [4.69, 9.17) is 18.9 Å². The number of methoxy groups -OCH3 is 1. The minimum atomic E-state index is -4.94. The maximum atomic E-state index is 14.8. The first-order valence-electron chi connectivity index (χ1n) is 18.9. The number of fused-ring (bicyclic) bond motifs is 3. The van der Waals surface area contributed by atoms with Crippen molar-refractivity contribution in [3.8, 4) is 11.6 Å². The average Bonchev–Trinajstić information content (AvgIpc) is 4.07. The molecule has 3 N–H and O–H groups in total. The zero-order chi connectivity index (χ0) is 41.5. The molecule has 3 heterocycles. The van der Waals surface area contributed by atoms with Crippen LogP contribution in [0.1, 0.15) is 72.6 Å². The number of alkyl carbamates (subject to hydrolysis) is 1. The molecule has 2 aromatic rings. The van der Waals surface area contributed by atoms with Crippen LogP contribution in [-0.2, 0) is 33.9 Å². The van der Waals surface area contributed by atoms with Gasteiger partial charge in [0.1, 0.15) is 29.5 Å². The van der Waals surface area contributed by atoms with E-state index in [1.807, 2.05) is 0 Å². The predicted molar refractivity (Wildman–Crippen MR) is 198 cm³/mol. The molecule has 312 valence electrons. The van der Waals surface area contributed by atoms with Crippen molar-refractivity contribution in [3.63, 3.8) is 0 Å². The Morgan fingerprint density at radius 3 is 2.54 bits per heavy atom. The molecule has 0 spiro atoms. The van der Waals surface area contributed by atoms with Gasteiger partial charge in [0.2, 0.25) is 33.3 Å². The van der Waals surface area contributed by atoms with Gasteiger partial charge in [-0.25, -0.2) is 18.2 Å². The van der Waals surface area contributed by atoms with E-state index >= 15 is 0 Å².